The Hall–Kier alpha value is -1.50. The molecule has 7 heteroatoms. The lowest BCUT2D eigenvalue weighted by Gasteiger charge is -2.00. The number of aromatic nitrogens is 1. The minimum Gasteiger partial charge on any atom is -0.462 e. The van der Waals surface area contributed by atoms with E-state index in [9.17, 15) is 14.9 Å². The number of esters is 1. The molecule has 0 N–H and O–H groups in total. The van der Waals surface area contributed by atoms with Crippen LogP contribution in [0.4, 0.5) is 5.82 Å². The highest BCUT2D eigenvalue weighted by molar-refractivity contribution is 9.10. The maximum Gasteiger partial charge on any atom is 0.364 e. The molecule has 0 amide bonds. The van der Waals surface area contributed by atoms with E-state index in [-0.39, 0.29) is 22.6 Å². The van der Waals surface area contributed by atoms with Gasteiger partial charge in [-0.25, -0.2) is 4.79 Å². The highest BCUT2D eigenvalue weighted by Crippen LogP contribution is 2.19. The van der Waals surface area contributed by atoms with Gasteiger partial charge >= 0.3 is 11.8 Å². The average molecular weight is 275 g/mol. The molecule has 0 aromatic carbocycles. The van der Waals surface area contributed by atoms with E-state index in [1.165, 1.54) is 6.07 Å². The molecule has 0 saturated carbocycles. The first-order chi connectivity index (χ1) is 7.06. The largest absolute Gasteiger partial charge is 0.462 e. The SMILES string of the molecule is CCOC(=O)c1ccc([N+](=O)[O-])nc1Br. The van der Waals surface area contributed by atoms with E-state index in [1.54, 1.807) is 6.92 Å². The van der Waals surface area contributed by atoms with E-state index in [0.717, 1.165) is 6.07 Å². The average Bonchev–Trinajstić information content (AvgIpc) is 2.17. The summed E-state index contributed by atoms with van der Waals surface area (Å²) in [5.74, 6) is -0.887. The second-order valence-electron chi connectivity index (χ2n) is 2.49. The molecule has 0 saturated heterocycles. The molecule has 0 spiro atoms. The van der Waals surface area contributed by atoms with Crippen LogP contribution in [0.1, 0.15) is 17.3 Å². The Kier molecular flexibility index (Phi) is 3.73. The lowest BCUT2D eigenvalue weighted by molar-refractivity contribution is -0.389. The van der Waals surface area contributed by atoms with Crippen LogP contribution < -0.4 is 0 Å². The maximum atomic E-state index is 11.3. The van der Waals surface area contributed by atoms with Crippen molar-refractivity contribution in [1.82, 2.24) is 4.98 Å². The van der Waals surface area contributed by atoms with E-state index in [4.69, 9.17) is 4.74 Å². The predicted octanol–water partition coefficient (Wildman–Crippen LogP) is 1.93. The first-order valence-electron chi connectivity index (χ1n) is 4.04. The molecule has 15 heavy (non-hydrogen) atoms. The summed E-state index contributed by atoms with van der Waals surface area (Å²) in [5, 5.41) is 10.4. The fraction of sp³-hybridized carbons (Fsp3) is 0.250. The van der Waals surface area contributed by atoms with Crippen molar-refractivity contribution >= 4 is 27.7 Å². The van der Waals surface area contributed by atoms with Crippen LogP contribution in [-0.4, -0.2) is 22.5 Å². The molecule has 0 unspecified atom stereocenters. The zero-order valence-electron chi connectivity index (χ0n) is 7.77. The molecule has 6 nitrogen and oxygen atoms in total. The third-order valence-electron chi connectivity index (χ3n) is 1.52. The summed E-state index contributed by atoms with van der Waals surface area (Å²) in [4.78, 5) is 24.6. The number of pyridine rings is 1. The summed E-state index contributed by atoms with van der Waals surface area (Å²) in [6, 6.07) is 2.45. The summed E-state index contributed by atoms with van der Waals surface area (Å²) in [5.41, 5.74) is 0.169. The molecular formula is C8H7BrN2O4. The van der Waals surface area contributed by atoms with Crippen molar-refractivity contribution in [2.24, 2.45) is 0 Å². The molecule has 0 radical (unpaired) electrons. The van der Waals surface area contributed by atoms with Crippen molar-refractivity contribution < 1.29 is 14.5 Å². The van der Waals surface area contributed by atoms with Gasteiger partial charge in [-0.1, -0.05) is 0 Å². The molecule has 0 aliphatic heterocycles. The highest BCUT2D eigenvalue weighted by atomic mass is 79.9. The molecule has 1 aromatic heterocycles. The minimum absolute atomic E-state index is 0.107. The number of nitro groups is 1. The van der Waals surface area contributed by atoms with Gasteiger partial charge in [-0.3, -0.25) is 0 Å². The van der Waals surface area contributed by atoms with Crippen LogP contribution in [0.3, 0.4) is 0 Å². The van der Waals surface area contributed by atoms with Gasteiger partial charge in [-0.15, -0.1) is 0 Å². The van der Waals surface area contributed by atoms with Crippen LogP contribution in [0.2, 0.25) is 0 Å². The second-order valence-corrected chi connectivity index (χ2v) is 3.24. The summed E-state index contributed by atoms with van der Waals surface area (Å²) < 4.78 is 4.84. The number of halogens is 1. The topological polar surface area (TPSA) is 82.3 Å². The number of nitrogens with zero attached hydrogens (tertiary/aromatic N) is 2. The van der Waals surface area contributed by atoms with Gasteiger partial charge < -0.3 is 14.9 Å². The van der Waals surface area contributed by atoms with E-state index in [1.807, 2.05) is 0 Å². The first-order valence-corrected chi connectivity index (χ1v) is 4.83. The summed E-state index contributed by atoms with van der Waals surface area (Å²) in [6.07, 6.45) is 0. The predicted molar refractivity (Wildman–Crippen MR) is 54.5 cm³/mol. The Bertz CT molecular complexity index is 408. The van der Waals surface area contributed by atoms with Crippen LogP contribution in [0.15, 0.2) is 16.7 Å². The van der Waals surface area contributed by atoms with Crippen LogP contribution >= 0.6 is 15.9 Å². The quantitative estimate of drug-likeness (QED) is 0.364. The molecule has 0 aliphatic rings. The number of carbonyl (C=O) groups is 1. The smallest absolute Gasteiger partial charge is 0.364 e. The van der Waals surface area contributed by atoms with Crippen LogP contribution in [0, 0.1) is 10.1 Å². The molecule has 0 bridgehead atoms. The highest BCUT2D eigenvalue weighted by Gasteiger charge is 2.18. The van der Waals surface area contributed by atoms with Crippen molar-refractivity contribution in [2.75, 3.05) is 6.61 Å². The fourth-order valence-electron chi connectivity index (χ4n) is 0.887. The first kappa shape index (κ1) is 11.6. The Morgan fingerprint density at radius 3 is 2.80 bits per heavy atom. The summed E-state index contributed by atoms with van der Waals surface area (Å²) in [6.45, 7) is 1.91. The van der Waals surface area contributed by atoms with Crippen molar-refractivity contribution in [3.8, 4) is 0 Å². The van der Waals surface area contributed by atoms with E-state index < -0.39 is 10.9 Å². The number of rotatable bonds is 3. The van der Waals surface area contributed by atoms with Crippen LogP contribution in [0.25, 0.3) is 0 Å². The van der Waals surface area contributed by atoms with E-state index >= 15 is 0 Å². The standard InChI is InChI=1S/C8H7BrN2O4/c1-2-15-8(12)5-3-4-6(11(13)14)10-7(5)9/h3-4H,2H2,1H3. The number of hydrogen-bond donors (Lipinski definition) is 0. The molecule has 0 atom stereocenters. The zero-order valence-corrected chi connectivity index (χ0v) is 9.35. The molecule has 80 valence electrons. The third kappa shape index (κ3) is 2.72. The molecule has 1 rings (SSSR count). The van der Waals surface area contributed by atoms with E-state index in [2.05, 4.69) is 20.9 Å². The Labute approximate surface area is 93.5 Å². The summed E-state index contributed by atoms with van der Waals surface area (Å²) in [7, 11) is 0. The lowest BCUT2D eigenvalue weighted by Crippen LogP contribution is -2.07. The maximum absolute atomic E-state index is 11.3. The number of ether oxygens (including phenoxy) is 1. The van der Waals surface area contributed by atoms with Crippen LogP contribution in [0.5, 0.6) is 0 Å². The van der Waals surface area contributed by atoms with Gasteiger partial charge in [-0.2, -0.15) is 0 Å². The monoisotopic (exact) mass is 274 g/mol. The van der Waals surface area contributed by atoms with Gasteiger partial charge in [0.25, 0.3) is 0 Å². The fourth-order valence-corrected chi connectivity index (χ4v) is 1.36. The normalized spacial score (nSPS) is 9.73. The van der Waals surface area contributed by atoms with Gasteiger partial charge in [0.15, 0.2) is 0 Å². The third-order valence-corrected chi connectivity index (χ3v) is 2.12. The Morgan fingerprint density at radius 2 is 2.33 bits per heavy atom. The lowest BCUT2D eigenvalue weighted by atomic mass is 10.3. The van der Waals surface area contributed by atoms with Crippen molar-refractivity contribution in [3.63, 3.8) is 0 Å². The number of hydrogen-bond acceptors (Lipinski definition) is 5. The van der Waals surface area contributed by atoms with Gasteiger partial charge in [-0.05, 0) is 22.9 Å². The Balaban J connectivity index is 3.03. The minimum atomic E-state index is -0.639. The van der Waals surface area contributed by atoms with Gasteiger partial charge in [0.2, 0.25) is 4.60 Å². The number of carbonyl (C=O) groups excluding carboxylic acids is 1. The van der Waals surface area contributed by atoms with Gasteiger partial charge in [0.1, 0.15) is 5.56 Å². The van der Waals surface area contributed by atoms with Crippen molar-refractivity contribution in [2.45, 2.75) is 6.92 Å². The molecule has 0 fully saturated rings. The Morgan fingerprint density at radius 1 is 1.67 bits per heavy atom. The van der Waals surface area contributed by atoms with Gasteiger partial charge in [0, 0.05) is 22.0 Å². The molecule has 1 aromatic rings. The van der Waals surface area contributed by atoms with Gasteiger partial charge in [0.05, 0.1) is 6.61 Å². The molecule has 1 heterocycles. The summed E-state index contributed by atoms with van der Waals surface area (Å²) >= 11 is 2.97. The van der Waals surface area contributed by atoms with E-state index in [0.29, 0.717) is 0 Å². The second kappa shape index (κ2) is 4.83. The van der Waals surface area contributed by atoms with Crippen LogP contribution in [-0.2, 0) is 4.74 Å². The zero-order chi connectivity index (χ0) is 11.4. The van der Waals surface area contributed by atoms with Crippen molar-refractivity contribution in [1.29, 1.82) is 0 Å². The van der Waals surface area contributed by atoms with Crippen molar-refractivity contribution in [3.05, 3.63) is 32.4 Å². The molecular weight excluding hydrogens is 268 g/mol. The molecule has 0 aliphatic carbocycles.